The van der Waals surface area contributed by atoms with E-state index in [0.29, 0.717) is 12.0 Å². The first kappa shape index (κ1) is 12.6. The average Bonchev–Trinajstić information content (AvgIpc) is 2.95. The fourth-order valence-electron chi connectivity index (χ4n) is 2.27. The zero-order chi connectivity index (χ0) is 12.4. The molecule has 1 aliphatic rings. The van der Waals surface area contributed by atoms with Gasteiger partial charge in [-0.1, -0.05) is 6.92 Å². The molecule has 0 bridgehead atoms. The van der Waals surface area contributed by atoms with Crippen LogP contribution >= 0.6 is 0 Å². The molecule has 2 atom stereocenters. The van der Waals surface area contributed by atoms with Crippen molar-refractivity contribution in [2.75, 3.05) is 19.7 Å². The van der Waals surface area contributed by atoms with Crippen LogP contribution in [-0.2, 0) is 0 Å². The zero-order valence-electron chi connectivity index (χ0n) is 10.9. The van der Waals surface area contributed by atoms with Crippen molar-refractivity contribution in [3.05, 3.63) is 17.8 Å². The van der Waals surface area contributed by atoms with Gasteiger partial charge in [-0.05, 0) is 26.8 Å². The molecule has 1 N–H and O–H groups in total. The topological polar surface area (TPSA) is 49.5 Å². The number of oxazole rings is 1. The number of likely N-dealkylation sites (tertiary alicyclic amines) is 1. The van der Waals surface area contributed by atoms with Crippen molar-refractivity contribution in [1.29, 1.82) is 0 Å². The van der Waals surface area contributed by atoms with Crippen LogP contribution < -0.4 is 0 Å². The molecule has 4 heteroatoms. The highest BCUT2D eigenvalue weighted by atomic mass is 16.4. The maximum atomic E-state index is 9.08. The summed E-state index contributed by atoms with van der Waals surface area (Å²) in [6.45, 7) is 8.64. The van der Waals surface area contributed by atoms with E-state index in [9.17, 15) is 0 Å². The highest BCUT2D eigenvalue weighted by Gasteiger charge is 2.29. The van der Waals surface area contributed by atoms with Gasteiger partial charge in [-0.2, -0.15) is 0 Å². The molecular weight excluding hydrogens is 216 g/mol. The molecule has 17 heavy (non-hydrogen) atoms. The van der Waals surface area contributed by atoms with E-state index in [1.54, 1.807) is 6.20 Å². The predicted molar refractivity (Wildman–Crippen MR) is 66.1 cm³/mol. The zero-order valence-corrected chi connectivity index (χ0v) is 10.9. The molecule has 4 nitrogen and oxygen atoms in total. The lowest BCUT2D eigenvalue weighted by molar-refractivity contribution is 0.250. The van der Waals surface area contributed by atoms with Crippen molar-refractivity contribution in [2.45, 2.75) is 45.1 Å². The Morgan fingerprint density at radius 2 is 2.29 bits per heavy atom. The van der Waals surface area contributed by atoms with Gasteiger partial charge in [0.1, 0.15) is 5.76 Å². The molecule has 0 amide bonds. The second-order valence-corrected chi connectivity index (χ2v) is 5.26. The van der Waals surface area contributed by atoms with E-state index >= 15 is 0 Å². The summed E-state index contributed by atoms with van der Waals surface area (Å²) in [6.07, 6.45) is 2.87. The molecule has 0 aliphatic carbocycles. The van der Waals surface area contributed by atoms with Crippen LogP contribution in [0.2, 0.25) is 0 Å². The van der Waals surface area contributed by atoms with Gasteiger partial charge in [0.25, 0.3) is 0 Å². The summed E-state index contributed by atoms with van der Waals surface area (Å²) in [5.41, 5.74) is 0. The number of rotatable bonds is 4. The third-order valence-corrected chi connectivity index (χ3v) is 3.60. The Labute approximate surface area is 103 Å². The number of aliphatic hydroxyl groups excluding tert-OH is 1. The van der Waals surface area contributed by atoms with Gasteiger partial charge in [-0.25, -0.2) is 4.98 Å². The number of aromatic nitrogens is 1. The van der Waals surface area contributed by atoms with Crippen LogP contribution in [-0.4, -0.2) is 40.7 Å². The lowest BCUT2D eigenvalue weighted by Gasteiger charge is -2.19. The lowest BCUT2D eigenvalue weighted by atomic mass is 10.1. The highest BCUT2D eigenvalue weighted by molar-refractivity contribution is 5.05. The Morgan fingerprint density at radius 3 is 2.88 bits per heavy atom. The minimum absolute atomic E-state index is 0.0406. The Bertz CT molecular complexity index is 362. The summed E-state index contributed by atoms with van der Waals surface area (Å²) in [5, 5.41) is 9.08. The van der Waals surface area contributed by atoms with Crippen molar-refractivity contribution in [3.63, 3.8) is 0 Å². The van der Waals surface area contributed by atoms with Crippen molar-refractivity contribution in [1.82, 2.24) is 9.88 Å². The van der Waals surface area contributed by atoms with Gasteiger partial charge >= 0.3 is 0 Å². The largest absolute Gasteiger partial charge is 0.445 e. The van der Waals surface area contributed by atoms with Crippen LogP contribution in [0, 0.1) is 0 Å². The van der Waals surface area contributed by atoms with Crippen molar-refractivity contribution < 1.29 is 9.52 Å². The smallest absolute Gasteiger partial charge is 0.198 e. The second kappa shape index (κ2) is 5.19. The molecule has 2 heterocycles. The molecule has 0 spiro atoms. The minimum atomic E-state index is 0.0406. The molecule has 1 saturated heterocycles. The lowest BCUT2D eigenvalue weighted by Crippen LogP contribution is -2.27. The number of hydrogen-bond acceptors (Lipinski definition) is 4. The SMILES string of the molecule is CC(CO)c1cnc(C2CCN(C(C)C)C2)o1. The van der Waals surface area contributed by atoms with Crippen LogP contribution in [0.25, 0.3) is 0 Å². The normalized spacial score (nSPS) is 23.5. The van der Waals surface area contributed by atoms with Crippen molar-refractivity contribution in [3.8, 4) is 0 Å². The highest BCUT2D eigenvalue weighted by Crippen LogP contribution is 2.29. The van der Waals surface area contributed by atoms with E-state index < -0.39 is 0 Å². The molecular formula is C13H22N2O2. The van der Waals surface area contributed by atoms with E-state index in [2.05, 4.69) is 23.7 Å². The fraction of sp³-hybridized carbons (Fsp3) is 0.769. The first-order valence-corrected chi connectivity index (χ1v) is 6.42. The first-order chi connectivity index (χ1) is 8.11. The maximum Gasteiger partial charge on any atom is 0.198 e. The average molecular weight is 238 g/mol. The summed E-state index contributed by atoms with van der Waals surface area (Å²) >= 11 is 0. The van der Waals surface area contributed by atoms with Crippen LogP contribution in [0.15, 0.2) is 10.6 Å². The molecule has 1 aliphatic heterocycles. The molecule has 0 radical (unpaired) electrons. The van der Waals surface area contributed by atoms with Gasteiger partial charge in [0.15, 0.2) is 5.89 Å². The van der Waals surface area contributed by atoms with Gasteiger partial charge < -0.3 is 14.4 Å². The quantitative estimate of drug-likeness (QED) is 0.871. The van der Waals surface area contributed by atoms with Gasteiger partial charge in [-0.3, -0.25) is 0 Å². The second-order valence-electron chi connectivity index (χ2n) is 5.26. The Morgan fingerprint density at radius 1 is 1.53 bits per heavy atom. The number of nitrogens with zero attached hydrogens (tertiary/aromatic N) is 2. The Balaban J connectivity index is 2.02. The van der Waals surface area contributed by atoms with Gasteiger partial charge in [-0.15, -0.1) is 0 Å². The number of aliphatic hydroxyl groups is 1. The molecule has 2 rings (SSSR count). The molecule has 1 aromatic rings. The minimum Gasteiger partial charge on any atom is -0.445 e. The standard InChI is InChI=1S/C13H22N2O2/c1-9(2)15-5-4-11(7-15)13-14-6-12(17-13)10(3)8-16/h6,9-11,16H,4-5,7-8H2,1-3H3. The van der Waals surface area contributed by atoms with Crippen LogP contribution in [0.3, 0.4) is 0 Å². The van der Waals surface area contributed by atoms with Crippen LogP contribution in [0.1, 0.15) is 50.7 Å². The van der Waals surface area contributed by atoms with E-state index in [1.807, 2.05) is 6.92 Å². The summed E-state index contributed by atoms with van der Waals surface area (Å²) in [5.74, 6) is 2.09. The number of hydrogen-bond donors (Lipinski definition) is 1. The molecule has 0 saturated carbocycles. The van der Waals surface area contributed by atoms with Crippen LogP contribution in [0.4, 0.5) is 0 Å². The Hall–Kier alpha value is -0.870. The first-order valence-electron chi connectivity index (χ1n) is 6.42. The molecule has 0 aromatic carbocycles. The summed E-state index contributed by atoms with van der Waals surface area (Å²) in [7, 11) is 0. The Kier molecular flexibility index (Phi) is 3.84. The van der Waals surface area contributed by atoms with Crippen molar-refractivity contribution >= 4 is 0 Å². The fourth-order valence-corrected chi connectivity index (χ4v) is 2.27. The summed E-state index contributed by atoms with van der Waals surface area (Å²) < 4.78 is 5.75. The maximum absolute atomic E-state index is 9.08. The summed E-state index contributed by atoms with van der Waals surface area (Å²) in [6, 6.07) is 0.589. The van der Waals surface area contributed by atoms with Gasteiger partial charge in [0, 0.05) is 24.4 Å². The summed E-state index contributed by atoms with van der Waals surface area (Å²) in [4.78, 5) is 6.80. The molecule has 96 valence electrons. The van der Waals surface area contributed by atoms with E-state index in [4.69, 9.17) is 9.52 Å². The van der Waals surface area contributed by atoms with E-state index in [-0.39, 0.29) is 12.5 Å². The van der Waals surface area contributed by atoms with Crippen molar-refractivity contribution in [2.24, 2.45) is 0 Å². The van der Waals surface area contributed by atoms with Gasteiger partial charge in [0.2, 0.25) is 0 Å². The third kappa shape index (κ3) is 2.69. The third-order valence-electron chi connectivity index (χ3n) is 3.60. The predicted octanol–water partition coefficient (Wildman–Crippen LogP) is 1.97. The molecule has 2 unspecified atom stereocenters. The van der Waals surface area contributed by atoms with Gasteiger partial charge in [0.05, 0.1) is 12.8 Å². The molecule has 1 aromatic heterocycles. The van der Waals surface area contributed by atoms with Crippen LogP contribution in [0.5, 0.6) is 0 Å². The monoisotopic (exact) mass is 238 g/mol. The van der Waals surface area contributed by atoms with E-state index in [0.717, 1.165) is 31.2 Å². The van der Waals surface area contributed by atoms with E-state index in [1.165, 1.54) is 0 Å². The molecule has 1 fully saturated rings.